The van der Waals surface area contributed by atoms with Crippen LogP contribution >= 0.6 is 0 Å². The molecule has 2 aliphatic carbocycles. The zero-order valence-electron chi connectivity index (χ0n) is 26.4. The second-order valence-electron chi connectivity index (χ2n) is 14.1. The van der Waals surface area contributed by atoms with Crippen molar-refractivity contribution < 1.29 is 14.2 Å². The highest BCUT2D eigenvalue weighted by molar-refractivity contribution is 5.38. The summed E-state index contributed by atoms with van der Waals surface area (Å²) in [5.41, 5.74) is 6.73. The quantitative estimate of drug-likeness (QED) is 0.264. The van der Waals surface area contributed by atoms with Crippen LogP contribution in [0, 0.1) is 18.3 Å². The van der Waals surface area contributed by atoms with E-state index in [0.717, 1.165) is 5.75 Å². The zero-order valence-corrected chi connectivity index (χ0v) is 26.4. The monoisotopic (exact) mass is 548 g/mol. The first-order valence-electron chi connectivity index (χ1n) is 16.3. The topological polar surface area (TPSA) is 27.7 Å². The summed E-state index contributed by atoms with van der Waals surface area (Å²) in [5.74, 6) is 2.15. The lowest BCUT2D eigenvalue weighted by atomic mass is 9.72. The van der Waals surface area contributed by atoms with Crippen LogP contribution in [0.3, 0.4) is 0 Å². The van der Waals surface area contributed by atoms with E-state index in [0.29, 0.717) is 43.9 Å². The van der Waals surface area contributed by atoms with Gasteiger partial charge in [0.1, 0.15) is 12.4 Å². The summed E-state index contributed by atoms with van der Waals surface area (Å²) < 4.78 is 19.2. The Bertz CT molecular complexity index is 977. The molecule has 2 saturated carbocycles. The smallest absolute Gasteiger partial charge is 0.119 e. The van der Waals surface area contributed by atoms with Gasteiger partial charge in [0.25, 0.3) is 0 Å². The summed E-state index contributed by atoms with van der Waals surface area (Å²) in [6, 6.07) is 13.5. The molecule has 0 heterocycles. The molecule has 1 atom stereocenters. The first-order valence-corrected chi connectivity index (χ1v) is 16.3. The lowest BCUT2D eigenvalue weighted by Crippen LogP contribution is -2.20. The molecular formula is C37H56O3. The molecule has 4 rings (SSSR count). The van der Waals surface area contributed by atoms with Crippen molar-refractivity contribution in [3.63, 3.8) is 0 Å². The summed E-state index contributed by atoms with van der Waals surface area (Å²) in [5, 5.41) is 0. The second kappa shape index (κ2) is 14.9. The molecule has 3 nitrogen and oxygen atoms in total. The third-order valence-corrected chi connectivity index (χ3v) is 9.18. The van der Waals surface area contributed by atoms with Gasteiger partial charge in [0.15, 0.2) is 0 Å². The Kier molecular flexibility index (Phi) is 11.6. The molecular weight excluding hydrogens is 492 g/mol. The fourth-order valence-corrected chi connectivity index (χ4v) is 6.60. The maximum Gasteiger partial charge on any atom is 0.119 e. The molecule has 0 aromatic heterocycles. The number of ether oxygens (including phenoxy) is 3. The van der Waals surface area contributed by atoms with Crippen molar-refractivity contribution in [2.75, 3.05) is 0 Å². The maximum absolute atomic E-state index is 6.43. The molecule has 0 spiro atoms. The molecule has 0 amide bonds. The van der Waals surface area contributed by atoms with Gasteiger partial charge < -0.3 is 14.2 Å². The van der Waals surface area contributed by atoms with Crippen LogP contribution in [0.25, 0.3) is 0 Å². The predicted molar refractivity (Wildman–Crippen MR) is 167 cm³/mol. The van der Waals surface area contributed by atoms with E-state index in [1.54, 1.807) is 0 Å². The lowest BCUT2D eigenvalue weighted by Gasteiger charge is -2.32. The molecule has 40 heavy (non-hydrogen) atoms. The van der Waals surface area contributed by atoms with Gasteiger partial charge in [0, 0.05) is 0 Å². The van der Waals surface area contributed by atoms with Crippen molar-refractivity contribution in [3.8, 4) is 5.75 Å². The Morgan fingerprint density at radius 2 is 1.23 bits per heavy atom. The fourth-order valence-electron chi connectivity index (χ4n) is 6.60. The van der Waals surface area contributed by atoms with Gasteiger partial charge in [-0.25, -0.2) is 0 Å². The molecule has 2 aliphatic rings. The average molecular weight is 549 g/mol. The van der Waals surface area contributed by atoms with Crippen LogP contribution in [0.1, 0.15) is 139 Å². The number of hydrogen-bond donors (Lipinski definition) is 0. The Morgan fingerprint density at radius 3 is 1.68 bits per heavy atom. The first kappa shape index (κ1) is 31.1. The van der Waals surface area contributed by atoms with Gasteiger partial charge in [-0.15, -0.1) is 0 Å². The summed E-state index contributed by atoms with van der Waals surface area (Å²) in [4.78, 5) is 0. The van der Waals surface area contributed by atoms with E-state index in [-0.39, 0.29) is 5.41 Å². The van der Waals surface area contributed by atoms with E-state index in [9.17, 15) is 0 Å². The molecule has 3 heteroatoms. The summed E-state index contributed by atoms with van der Waals surface area (Å²) >= 11 is 0. The highest BCUT2D eigenvalue weighted by Crippen LogP contribution is 2.40. The number of hydrogen-bond acceptors (Lipinski definition) is 3. The molecule has 0 saturated heterocycles. The molecule has 0 bridgehead atoms. The third kappa shape index (κ3) is 9.35. The minimum atomic E-state index is 0.237. The van der Waals surface area contributed by atoms with Crippen LogP contribution in [0.5, 0.6) is 5.75 Å². The molecule has 0 radical (unpaired) electrons. The van der Waals surface area contributed by atoms with Crippen LogP contribution in [0.15, 0.2) is 36.4 Å². The van der Waals surface area contributed by atoms with Crippen molar-refractivity contribution >= 4 is 0 Å². The Morgan fingerprint density at radius 1 is 0.725 bits per heavy atom. The second-order valence-corrected chi connectivity index (χ2v) is 14.1. The maximum atomic E-state index is 6.43. The largest absolute Gasteiger partial charge is 0.489 e. The van der Waals surface area contributed by atoms with E-state index in [2.05, 4.69) is 77.9 Å². The fraction of sp³-hybridized carbons (Fsp3) is 0.676. The van der Waals surface area contributed by atoms with Crippen LogP contribution < -0.4 is 4.74 Å². The Balaban J connectivity index is 1.45. The summed E-state index contributed by atoms with van der Waals surface area (Å²) in [6.07, 6.45) is 14.7. The van der Waals surface area contributed by atoms with Crippen LogP contribution in [0.2, 0.25) is 0 Å². The van der Waals surface area contributed by atoms with Crippen LogP contribution in [-0.2, 0) is 29.3 Å². The van der Waals surface area contributed by atoms with Gasteiger partial charge in [0.2, 0.25) is 0 Å². The van der Waals surface area contributed by atoms with E-state index >= 15 is 0 Å². The molecule has 1 unspecified atom stereocenters. The van der Waals surface area contributed by atoms with Crippen LogP contribution in [-0.4, -0.2) is 12.2 Å². The highest BCUT2D eigenvalue weighted by atomic mass is 16.5. The molecule has 2 aromatic rings. The minimum absolute atomic E-state index is 0.237. The van der Waals surface area contributed by atoms with Crippen molar-refractivity contribution in [2.45, 2.75) is 150 Å². The molecule has 2 fully saturated rings. The third-order valence-electron chi connectivity index (χ3n) is 9.18. The van der Waals surface area contributed by atoms with Gasteiger partial charge in [-0.1, -0.05) is 85.3 Å². The Hall–Kier alpha value is -1.84. The summed E-state index contributed by atoms with van der Waals surface area (Å²) in [6.45, 7) is 15.9. The molecule has 0 N–H and O–H groups in total. The molecule has 2 aromatic carbocycles. The van der Waals surface area contributed by atoms with E-state index < -0.39 is 0 Å². The van der Waals surface area contributed by atoms with Crippen LogP contribution in [0.4, 0.5) is 0 Å². The molecule has 222 valence electrons. The van der Waals surface area contributed by atoms with Crippen molar-refractivity contribution in [2.24, 2.45) is 11.3 Å². The predicted octanol–water partition coefficient (Wildman–Crippen LogP) is 10.4. The highest BCUT2D eigenvalue weighted by Gasteiger charge is 2.27. The van der Waals surface area contributed by atoms with Gasteiger partial charge in [0.05, 0.1) is 25.4 Å². The van der Waals surface area contributed by atoms with E-state index in [1.165, 1.54) is 98.4 Å². The number of benzene rings is 2. The van der Waals surface area contributed by atoms with Gasteiger partial charge in [-0.3, -0.25) is 0 Å². The van der Waals surface area contributed by atoms with E-state index in [4.69, 9.17) is 14.2 Å². The van der Waals surface area contributed by atoms with Crippen molar-refractivity contribution in [1.82, 2.24) is 0 Å². The normalized spacial score (nSPS) is 18.3. The standard InChI is InChI=1S/C37H56O3/c1-27(2)21-36(37(4,5)6)30-17-19-35(20-18-30)38-24-29-22-31(25-39-33-13-9-7-10-14-33)28(3)32(23-29)26-40-34-15-11-8-12-16-34/h17-20,22-23,27,33-34,36H,7-16,21,24-26H2,1-6H3. The average Bonchev–Trinajstić information content (AvgIpc) is 2.95. The first-order chi connectivity index (χ1) is 19.2. The summed E-state index contributed by atoms with van der Waals surface area (Å²) in [7, 11) is 0. The van der Waals surface area contributed by atoms with Gasteiger partial charge >= 0.3 is 0 Å². The van der Waals surface area contributed by atoms with Gasteiger partial charge in [-0.05, 0) is 108 Å². The Labute approximate surface area is 245 Å². The molecule has 0 aliphatic heterocycles. The van der Waals surface area contributed by atoms with Gasteiger partial charge in [-0.2, -0.15) is 0 Å². The van der Waals surface area contributed by atoms with E-state index in [1.807, 2.05) is 0 Å². The minimum Gasteiger partial charge on any atom is -0.489 e. The number of rotatable bonds is 12. The lowest BCUT2D eigenvalue weighted by molar-refractivity contribution is 0.0138. The van der Waals surface area contributed by atoms with Crippen molar-refractivity contribution in [3.05, 3.63) is 64.2 Å². The zero-order chi connectivity index (χ0) is 28.5. The SMILES string of the molecule is Cc1c(COC2CCCCC2)cc(COc2ccc(C(CC(C)C)C(C)(C)C)cc2)cc1COC1CCCCC1. The van der Waals surface area contributed by atoms with Crippen molar-refractivity contribution in [1.29, 1.82) is 0 Å².